The Morgan fingerprint density at radius 1 is 1.22 bits per heavy atom. The van der Waals surface area contributed by atoms with Crippen LogP contribution in [-0.4, -0.2) is 28.6 Å². The molecule has 0 atom stereocenters. The fraction of sp³-hybridized carbons (Fsp3) is 0.429. The Bertz CT molecular complexity index is 771. The van der Waals surface area contributed by atoms with Gasteiger partial charge in [-0.25, -0.2) is 4.98 Å². The predicted molar refractivity (Wildman–Crippen MR) is 108 cm³/mol. The SMILES string of the molecule is Cc1ccc(Cl)c(C(=O)NC2CCC(CNc3ccc(CO)cn3)CC2)c1. The van der Waals surface area contributed by atoms with E-state index in [1.165, 1.54) is 0 Å². The normalized spacial score (nSPS) is 19.5. The number of rotatable bonds is 6. The van der Waals surface area contributed by atoms with Gasteiger partial charge in [0.2, 0.25) is 0 Å². The molecule has 1 fully saturated rings. The van der Waals surface area contributed by atoms with Gasteiger partial charge in [0.15, 0.2) is 0 Å². The number of carbonyl (C=O) groups is 1. The molecule has 1 aliphatic rings. The van der Waals surface area contributed by atoms with Gasteiger partial charge in [0.25, 0.3) is 5.91 Å². The lowest BCUT2D eigenvalue weighted by molar-refractivity contribution is 0.0923. The lowest BCUT2D eigenvalue weighted by Gasteiger charge is -2.29. The maximum Gasteiger partial charge on any atom is 0.253 e. The van der Waals surface area contributed by atoms with Crippen LogP contribution in [0.25, 0.3) is 0 Å². The van der Waals surface area contributed by atoms with E-state index in [4.69, 9.17) is 16.7 Å². The first kappa shape index (κ1) is 19.6. The third-order valence-corrected chi connectivity index (χ3v) is 5.46. The number of carbonyl (C=O) groups excluding carboxylic acids is 1. The van der Waals surface area contributed by atoms with E-state index >= 15 is 0 Å². The van der Waals surface area contributed by atoms with Crippen LogP contribution in [0.5, 0.6) is 0 Å². The van der Waals surface area contributed by atoms with Crippen molar-refractivity contribution in [1.29, 1.82) is 0 Å². The number of anilines is 1. The van der Waals surface area contributed by atoms with Crippen LogP contribution in [0.3, 0.4) is 0 Å². The average molecular weight is 388 g/mol. The Kier molecular flexibility index (Phi) is 6.69. The van der Waals surface area contributed by atoms with Gasteiger partial charge in [-0.3, -0.25) is 4.79 Å². The highest BCUT2D eigenvalue weighted by Crippen LogP contribution is 2.25. The molecule has 1 aromatic carbocycles. The maximum atomic E-state index is 12.5. The minimum atomic E-state index is -0.0848. The van der Waals surface area contributed by atoms with Crippen molar-refractivity contribution in [2.45, 2.75) is 45.3 Å². The second-order valence-corrected chi connectivity index (χ2v) is 7.67. The molecule has 5 nitrogen and oxygen atoms in total. The number of amides is 1. The van der Waals surface area contributed by atoms with Gasteiger partial charge in [-0.1, -0.05) is 29.3 Å². The lowest BCUT2D eigenvalue weighted by Crippen LogP contribution is -2.38. The van der Waals surface area contributed by atoms with Crippen molar-refractivity contribution < 1.29 is 9.90 Å². The molecule has 3 N–H and O–H groups in total. The van der Waals surface area contributed by atoms with Crippen LogP contribution in [0, 0.1) is 12.8 Å². The molecule has 1 aliphatic carbocycles. The fourth-order valence-corrected chi connectivity index (χ4v) is 3.66. The number of hydrogen-bond donors (Lipinski definition) is 3. The molecule has 0 unspecified atom stereocenters. The molecular formula is C21H26ClN3O2. The average Bonchev–Trinajstić information content (AvgIpc) is 2.69. The van der Waals surface area contributed by atoms with Crippen LogP contribution >= 0.6 is 11.6 Å². The summed E-state index contributed by atoms with van der Waals surface area (Å²) >= 11 is 6.16. The molecule has 3 rings (SSSR count). The van der Waals surface area contributed by atoms with Crippen LogP contribution in [0.15, 0.2) is 36.5 Å². The largest absolute Gasteiger partial charge is 0.392 e. The molecule has 6 heteroatoms. The molecule has 1 amide bonds. The van der Waals surface area contributed by atoms with E-state index in [0.717, 1.165) is 49.2 Å². The van der Waals surface area contributed by atoms with Gasteiger partial charge in [-0.2, -0.15) is 0 Å². The summed E-state index contributed by atoms with van der Waals surface area (Å²) in [7, 11) is 0. The van der Waals surface area contributed by atoms with E-state index in [-0.39, 0.29) is 18.6 Å². The van der Waals surface area contributed by atoms with E-state index in [1.807, 2.05) is 31.2 Å². The van der Waals surface area contributed by atoms with E-state index in [2.05, 4.69) is 15.6 Å². The monoisotopic (exact) mass is 387 g/mol. The van der Waals surface area contributed by atoms with Crippen molar-refractivity contribution in [2.75, 3.05) is 11.9 Å². The van der Waals surface area contributed by atoms with Crippen molar-refractivity contribution in [3.05, 3.63) is 58.2 Å². The molecule has 144 valence electrons. The summed E-state index contributed by atoms with van der Waals surface area (Å²) in [6.07, 6.45) is 5.75. The molecule has 27 heavy (non-hydrogen) atoms. The highest BCUT2D eigenvalue weighted by molar-refractivity contribution is 6.33. The Morgan fingerprint density at radius 3 is 2.67 bits per heavy atom. The van der Waals surface area contributed by atoms with E-state index in [0.29, 0.717) is 16.5 Å². The van der Waals surface area contributed by atoms with Gasteiger partial charge >= 0.3 is 0 Å². The van der Waals surface area contributed by atoms with Crippen LogP contribution in [0.2, 0.25) is 5.02 Å². The van der Waals surface area contributed by atoms with Gasteiger partial charge in [0.1, 0.15) is 5.82 Å². The molecule has 1 heterocycles. The Balaban J connectivity index is 1.44. The fourth-order valence-electron chi connectivity index (χ4n) is 3.46. The number of hydrogen-bond acceptors (Lipinski definition) is 4. The predicted octanol–water partition coefficient (Wildman–Crippen LogP) is 3.94. The summed E-state index contributed by atoms with van der Waals surface area (Å²) in [6, 6.07) is 9.48. The summed E-state index contributed by atoms with van der Waals surface area (Å²) in [5, 5.41) is 16.0. The molecule has 1 saturated carbocycles. The first-order valence-electron chi connectivity index (χ1n) is 9.42. The zero-order valence-corrected chi connectivity index (χ0v) is 16.3. The van der Waals surface area contributed by atoms with E-state index in [9.17, 15) is 4.79 Å². The quantitative estimate of drug-likeness (QED) is 0.701. The number of benzene rings is 1. The lowest BCUT2D eigenvalue weighted by atomic mass is 9.86. The van der Waals surface area contributed by atoms with Crippen molar-refractivity contribution >= 4 is 23.3 Å². The highest BCUT2D eigenvalue weighted by Gasteiger charge is 2.23. The molecule has 0 saturated heterocycles. The van der Waals surface area contributed by atoms with E-state index in [1.54, 1.807) is 12.3 Å². The van der Waals surface area contributed by atoms with Crippen molar-refractivity contribution in [3.63, 3.8) is 0 Å². The van der Waals surface area contributed by atoms with Gasteiger partial charge < -0.3 is 15.7 Å². The number of aliphatic hydroxyl groups is 1. The summed E-state index contributed by atoms with van der Waals surface area (Å²) in [6.45, 7) is 2.84. The van der Waals surface area contributed by atoms with Gasteiger partial charge in [0.05, 0.1) is 17.2 Å². The number of pyridine rings is 1. The third kappa shape index (κ3) is 5.44. The smallest absolute Gasteiger partial charge is 0.253 e. The third-order valence-electron chi connectivity index (χ3n) is 5.13. The molecular weight excluding hydrogens is 362 g/mol. The summed E-state index contributed by atoms with van der Waals surface area (Å²) < 4.78 is 0. The number of aliphatic hydroxyl groups excluding tert-OH is 1. The highest BCUT2D eigenvalue weighted by atomic mass is 35.5. The first-order chi connectivity index (χ1) is 13.0. The maximum absolute atomic E-state index is 12.5. The summed E-state index contributed by atoms with van der Waals surface area (Å²) in [5.74, 6) is 1.31. The van der Waals surface area contributed by atoms with Crippen LogP contribution in [0.1, 0.15) is 47.2 Å². The van der Waals surface area contributed by atoms with E-state index < -0.39 is 0 Å². The number of halogens is 1. The standard InChI is InChI=1S/C21H26ClN3O2/c1-14-2-8-19(22)18(10-14)21(27)25-17-6-3-15(4-7-17)11-23-20-9-5-16(13-26)12-24-20/h2,5,8-10,12,15,17,26H,3-4,6-7,11,13H2,1H3,(H,23,24)(H,25,27). The summed E-state index contributed by atoms with van der Waals surface area (Å²) in [4.78, 5) is 16.8. The van der Waals surface area contributed by atoms with Crippen molar-refractivity contribution in [3.8, 4) is 0 Å². The number of aryl methyl sites for hydroxylation is 1. The van der Waals surface area contributed by atoms with Gasteiger partial charge in [0, 0.05) is 18.8 Å². The van der Waals surface area contributed by atoms with Crippen LogP contribution in [0.4, 0.5) is 5.82 Å². The van der Waals surface area contributed by atoms with Crippen LogP contribution < -0.4 is 10.6 Å². The zero-order valence-electron chi connectivity index (χ0n) is 15.5. The number of nitrogens with zero attached hydrogens (tertiary/aromatic N) is 1. The molecule has 0 aliphatic heterocycles. The van der Waals surface area contributed by atoms with Gasteiger partial charge in [-0.15, -0.1) is 0 Å². The first-order valence-corrected chi connectivity index (χ1v) is 9.79. The topological polar surface area (TPSA) is 74.2 Å². The molecule has 0 spiro atoms. The molecule has 1 aromatic heterocycles. The Hall–Kier alpha value is -2.11. The minimum absolute atomic E-state index is 0.0107. The Morgan fingerprint density at radius 2 is 2.00 bits per heavy atom. The minimum Gasteiger partial charge on any atom is -0.392 e. The second-order valence-electron chi connectivity index (χ2n) is 7.27. The van der Waals surface area contributed by atoms with Crippen LogP contribution in [-0.2, 0) is 6.61 Å². The Labute approximate surface area is 165 Å². The summed E-state index contributed by atoms with van der Waals surface area (Å²) in [5.41, 5.74) is 2.39. The van der Waals surface area contributed by atoms with Crippen molar-refractivity contribution in [1.82, 2.24) is 10.3 Å². The number of nitrogens with one attached hydrogen (secondary N) is 2. The molecule has 0 bridgehead atoms. The molecule has 0 radical (unpaired) electrons. The zero-order chi connectivity index (χ0) is 19.2. The number of aromatic nitrogens is 1. The van der Waals surface area contributed by atoms with Crippen molar-refractivity contribution in [2.24, 2.45) is 5.92 Å². The second kappa shape index (κ2) is 9.20. The van der Waals surface area contributed by atoms with Gasteiger partial charge in [-0.05, 0) is 62.3 Å². The molecule has 2 aromatic rings.